The lowest BCUT2D eigenvalue weighted by molar-refractivity contribution is 0.0601. The summed E-state index contributed by atoms with van der Waals surface area (Å²) in [6.07, 6.45) is 0. The van der Waals surface area contributed by atoms with Crippen LogP contribution in [0.5, 0.6) is 0 Å². The van der Waals surface area contributed by atoms with Crippen molar-refractivity contribution in [1.82, 2.24) is 0 Å². The Labute approximate surface area is 106 Å². The van der Waals surface area contributed by atoms with Crippen molar-refractivity contribution >= 4 is 11.7 Å². The smallest absolute Gasteiger partial charge is 0.337 e. The van der Waals surface area contributed by atoms with Crippen LogP contribution in [0.2, 0.25) is 0 Å². The van der Waals surface area contributed by atoms with Gasteiger partial charge in [0.15, 0.2) is 0 Å². The van der Waals surface area contributed by atoms with Crippen LogP contribution in [-0.4, -0.2) is 13.1 Å². The lowest BCUT2D eigenvalue weighted by atomic mass is 10.0. The molecule has 0 aliphatic carbocycles. The molecule has 0 fully saturated rings. The van der Waals surface area contributed by atoms with E-state index in [1.165, 1.54) is 12.7 Å². The van der Waals surface area contributed by atoms with Gasteiger partial charge in [0, 0.05) is 11.3 Å². The molecule has 3 nitrogen and oxygen atoms in total. The lowest BCUT2D eigenvalue weighted by Crippen LogP contribution is -2.02. The fraction of sp³-hybridized carbons (Fsp3) is 0.133. The monoisotopic (exact) mass is 241 g/mol. The van der Waals surface area contributed by atoms with Crippen LogP contribution in [0.25, 0.3) is 11.1 Å². The third-order valence-corrected chi connectivity index (χ3v) is 2.80. The Morgan fingerprint density at radius 2 is 1.94 bits per heavy atom. The zero-order valence-electron chi connectivity index (χ0n) is 10.4. The quantitative estimate of drug-likeness (QED) is 0.649. The minimum absolute atomic E-state index is 0.377. The maximum absolute atomic E-state index is 11.4. The number of nitrogen functional groups attached to an aromatic ring is 1. The summed E-state index contributed by atoms with van der Waals surface area (Å²) < 4.78 is 4.66. The summed E-state index contributed by atoms with van der Waals surface area (Å²) in [5.74, 6) is -0.377. The summed E-state index contributed by atoms with van der Waals surface area (Å²) in [5.41, 5.74) is 10.2. The molecule has 0 aromatic heterocycles. The van der Waals surface area contributed by atoms with Crippen molar-refractivity contribution in [2.24, 2.45) is 0 Å². The average Bonchev–Trinajstić information content (AvgIpc) is 2.37. The standard InChI is InChI=1S/C15H15NO2/c1-10-4-3-5-11(8-10)13-7-6-12(9-14(13)16)15(17)18-2/h3-9H,16H2,1-2H3. The van der Waals surface area contributed by atoms with Gasteiger partial charge in [-0.05, 0) is 24.6 Å². The van der Waals surface area contributed by atoms with Crippen LogP contribution in [0.15, 0.2) is 42.5 Å². The van der Waals surface area contributed by atoms with Gasteiger partial charge in [-0.25, -0.2) is 4.79 Å². The third-order valence-electron chi connectivity index (χ3n) is 2.80. The molecule has 0 saturated heterocycles. The number of nitrogens with two attached hydrogens (primary N) is 1. The number of rotatable bonds is 2. The van der Waals surface area contributed by atoms with Gasteiger partial charge in [-0.3, -0.25) is 0 Å². The van der Waals surface area contributed by atoms with Crippen LogP contribution in [-0.2, 0) is 4.74 Å². The third kappa shape index (κ3) is 2.35. The Balaban J connectivity index is 2.45. The van der Waals surface area contributed by atoms with E-state index in [0.717, 1.165) is 11.1 Å². The summed E-state index contributed by atoms with van der Waals surface area (Å²) in [5, 5.41) is 0. The number of benzene rings is 2. The molecule has 0 radical (unpaired) electrons. The Bertz CT molecular complexity index is 591. The van der Waals surface area contributed by atoms with Gasteiger partial charge < -0.3 is 10.5 Å². The molecule has 0 unspecified atom stereocenters. The first kappa shape index (κ1) is 12.2. The second kappa shape index (κ2) is 4.92. The molecule has 2 N–H and O–H groups in total. The number of hydrogen-bond acceptors (Lipinski definition) is 3. The summed E-state index contributed by atoms with van der Waals surface area (Å²) in [7, 11) is 1.35. The summed E-state index contributed by atoms with van der Waals surface area (Å²) >= 11 is 0. The molecule has 0 heterocycles. The molecular formula is C15H15NO2. The fourth-order valence-electron chi connectivity index (χ4n) is 1.88. The van der Waals surface area contributed by atoms with Crippen molar-refractivity contribution in [2.75, 3.05) is 12.8 Å². The van der Waals surface area contributed by atoms with E-state index in [2.05, 4.69) is 10.8 Å². The Morgan fingerprint density at radius 3 is 2.56 bits per heavy atom. The van der Waals surface area contributed by atoms with E-state index >= 15 is 0 Å². The van der Waals surface area contributed by atoms with Crippen LogP contribution < -0.4 is 5.73 Å². The predicted molar refractivity (Wildman–Crippen MR) is 72.4 cm³/mol. The van der Waals surface area contributed by atoms with Gasteiger partial charge in [0.25, 0.3) is 0 Å². The average molecular weight is 241 g/mol. The zero-order chi connectivity index (χ0) is 13.1. The Hall–Kier alpha value is -2.29. The molecule has 0 spiro atoms. The number of esters is 1. The number of methoxy groups -OCH3 is 1. The topological polar surface area (TPSA) is 52.3 Å². The molecule has 0 amide bonds. The van der Waals surface area contributed by atoms with Gasteiger partial charge in [-0.1, -0.05) is 35.9 Å². The normalized spacial score (nSPS) is 10.1. The molecule has 92 valence electrons. The number of aryl methyl sites for hydroxylation is 1. The molecule has 3 heteroatoms. The van der Waals surface area contributed by atoms with Crippen molar-refractivity contribution in [3.63, 3.8) is 0 Å². The van der Waals surface area contributed by atoms with Crippen molar-refractivity contribution < 1.29 is 9.53 Å². The highest BCUT2D eigenvalue weighted by molar-refractivity contribution is 5.92. The molecule has 18 heavy (non-hydrogen) atoms. The van der Waals surface area contributed by atoms with Crippen molar-refractivity contribution in [3.8, 4) is 11.1 Å². The van der Waals surface area contributed by atoms with Crippen molar-refractivity contribution in [1.29, 1.82) is 0 Å². The molecule has 0 aliphatic rings. The van der Waals surface area contributed by atoms with E-state index in [9.17, 15) is 4.79 Å². The maximum Gasteiger partial charge on any atom is 0.337 e. The number of anilines is 1. The first-order valence-electron chi connectivity index (χ1n) is 5.66. The SMILES string of the molecule is COC(=O)c1ccc(-c2cccc(C)c2)c(N)c1. The molecule has 2 aromatic rings. The molecule has 0 saturated carbocycles. The lowest BCUT2D eigenvalue weighted by Gasteiger charge is -2.08. The minimum Gasteiger partial charge on any atom is -0.465 e. The molecule has 2 aromatic carbocycles. The van der Waals surface area contributed by atoms with Crippen molar-refractivity contribution in [3.05, 3.63) is 53.6 Å². The Kier molecular flexibility index (Phi) is 3.33. The molecule has 2 rings (SSSR count). The number of hydrogen-bond donors (Lipinski definition) is 1. The molecule has 0 atom stereocenters. The highest BCUT2D eigenvalue weighted by atomic mass is 16.5. The first-order valence-corrected chi connectivity index (χ1v) is 5.66. The van der Waals surface area contributed by atoms with E-state index < -0.39 is 0 Å². The zero-order valence-corrected chi connectivity index (χ0v) is 10.4. The van der Waals surface area contributed by atoms with E-state index in [0.29, 0.717) is 11.3 Å². The van der Waals surface area contributed by atoms with Crippen molar-refractivity contribution in [2.45, 2.75) is 6.92 Å². The van der Waals surface area contributed by atoms with Crippen LogP contribution in [0.1, 0.15) is 15.9 Å². The highest BCUT2D eigenvalue weighted by Gasteiger charge is 2.09. The molecule has 0 bridgehead atoms. The molecular weight excluding hydrogens is 226 g/mol. The summed E-state index contributed by atoms with van der Waals surface area (Å²) in [6.45, 7) is 2.03. The van der Waals surface area contributed by atoms with Crippen LogP contribution in [0.3, 0.4) is 0 Å². The maximum atomic E-state index is 11.4. The summed E-state index contributed by atoms with van der Waals surface area (Å²) in [4.78, 5) is 11.4. The van der Waals surface area contributed by atoms with Crippen LogP contribution in [0.4, 0.5) is 5.69 Å². The van der Waals surface area contributed by atoms with E-state index in [1.807, 2.05) is 31.2 Å². The van der Waals surface area contributed by atoms with Crippen LogP contribution in [0, 0.1) is 6.92 Å². The summed E-state index contributed by atoms with van der Waals surface area (Å²) in [6, 6.07) is 13.3. The van der Waals surface area contributed by atoms with Gasteiger partial charge in [0.1, 0.15) is 0 Å². The Morgan fingerprint density at radius 1 is 1.17 bits per heavy atom. The van der Waals surface area contributed by atoms with Gasteiger partial charge in [-0.15, -0.1) is 0 Å². The van der Waals surface area contributed by atoms with Gasteiger partial charge >= 0.3 is 5.97 Å². The first-order chi connectivity index (χ1) is 8.61. The van der Waals surface area contributed by atoms with Gasteiger partial charge in [-0.2, -0.15) is 0 Å². The van der Waals surface area contributed by atoms with Crippen LogP contribution >= 0.6 is 0 Å². The molecule has 0 aliphatic heterocycles. The number of carbonyl (C=O) groups excluding carboxylic acids is 1. The number of carbonyl (C=O) groups is 1. The number of ether oxygens (including phenoxy) is 1. The predicted octanol–water partition coefficient (Wildman–Crippen LogP) is 3.03. The fourth-order valence-corrected chi connectivity index (χ4v) is 1.88. The van der Waals surface area contributed by atoms with Gasteiger partial charge in [0.2, 0.25) is 0 Å². The second-order valence-electron chi connectivity index (χ2n) is 4.16. The van der Waals surface area contributed by atoms with E-state index in [-0.39, 0.29) is 5.97 Å². The highest BCUT2D eigenvalue weighted by Crippen LogP contribution is 2.27. The van der Waals surface area contributed by atoms with Gasteiger partial charge in [0.05, 0.1) is 12.7 Å². The minimum atomic E-state index is -0.377. The second-order valence-corrected chi connectivity index (χ2v) is 4.16. The largest absolute Gasteiger partial charge is 0.465 e. The van der Waals surface area contributed by atoms with E-state index in [1.54, 1.807) is 12.1 Å². The van der Waals surface area contributed by atoms with E-state index in [4.69, 9.17) is 5.73 Å².